The molecule has 3 heterocycles. The molecule has 1 saturated heterocycles. The van der Waals surface area contributed by atoms with Crippen LogP contribution in [-0.4, -0.2) is 53.3 Å². The van der Waals surface area contributed by atoms with E-state index >= 15 is 4.39 Å². The van der Waals surface area contributed by atoms with E-state index in [1.54, 1.807) is 6.20 Å². The second-order valence-electron chi connectivity index (χ2n) is 7.71. The standard InChI is InChI=1S/C22H21F4N5O3S/c1-12-6-29-20(35-12)17-5-14(34-11-15-10-27-2-3-33-15)4-16(18(17)23)19(32)28-7-13-8-30-21(31-9-13)22(24,25)26/h4-6,8-9,15,27H,2-3,7,10-11H2,1H3,(H,28,32). The number of rotatable bonds is 7. The van der Waals surface area contributed by atoms with E-state index < -0.39 is 23.7 Å². The first-order valence-corrected chi connectivity index (χ1v) is 11.4. The van der Waals surface area contributed by atoms with E-state index in [1.165, 1.54) is 23.5 Å². The summed E-state index contributed by atoms with van der Waals surface area (Å²) in [5, 5.41) is 6.05. The van der Waals surface area contributed by atoms with Crippen LogP contribution < -0.4 is 15.4 Å². The molecule has 4 rings (SSSR count). The van der Waals surface area contributed by atoms with Crippen molar-refractivity contribution >= 4 is 17.2 Å². The van der Waals surface area contributed by atoms with Crippen molar-refractivity contribution < 1.29 is 31.8 Å². The molecule has 1 unspecified atom stereocenters. The van der Waals surface area contributed by atoms with E-state index in [9.17, 15) is 18.0 Å². The third kappa shape index (κ3) is 6.29. The van der Waals surface area contributed by atoms with Crippen molar-refractivity contribution in [3.63, 3.8) is 0 Å². The number of carbonyl (C=O) groups excluding carboxylic acids is 1. The monoisotopic (exact) mass is 511 g/mol. The third-order valence-corrected chi connectivity index (χ3v) is 5.94. The highest BCUT2D eigenvalue weighted by atomic mass is 32.1. The summed E-state index contributed by atoms with van der Waals surface area (Å²) < 4.78 is 64.7. The van der Waals surface area contributed by atoms with Crippen molar-refractivity contribution in [3.05, 3.63) is 58.4 Å². The molecule has 2 N–H and O–H groups in total. The maximum Gasteiger partial charge on any atom is 0.451 e. The van der Waals surface area contributed by atoms with Gasteiger partial charge in [-0.15, -0.1) is 11.3 Å². The van der Waals surface area contributed by atoms with Gasteiger partial charge in [-0.1, -0.05) is 0 Å². The molecular weight excluding hydrogens is 490 g/mol. The second kappa shape index (κ2) is 10.6. The molecule has 186 valence electrons. The van der Waals surface area contributed by atoms with Gasteiger partial charge in [-0.3, -0.25) is 4.79 Å². The summed E-state index contributed by atoms with van der Waals surface area (Å²) in [6.07, 6.45) is -1.37. The van der Waals surface area contributed by atoms with E-state index in [4.69, 9.17) is 9.47 Å². The Morgan fingerprint density at radius 1 is 1.26 bits per heavy atom. The Balaban J connectivity index is 1.54. The van der Waals surface area contributed by atoms with Crippen molar-refractivity contribution in [2.45, 2.75) is 25.7 Å². The number of hydrogen-bond donors (Lipinski definition) is 2. The zero-order valence-electron chi connectivity index (χ0n) is 18.5. The minimum atomic E-state index is -4.67. The number of aryl methyl sites for hydroxylation is 1. The van der Waals surface area contributed by atoms with Crippen LogP contribution in [0.5, 0.6) is 5.75 Å². The lowest BCUT2D eigenvalue weighted by molar-refractivity contribution is -0.145. The Bertz CT molecular complexity index is 1180. The van der Waals surface area contributed by atoms with Gasteiger partial charge in [0.2, 0.25) is 5.82 Å². The fourth-order valence-electron chi connectivity index (χ4n) is 3.27. The number of ether oxygens (including phenoxy) is 2. The number of carbonyl (C=O) groups is 1. The number of thiazole rings is 1. The van der Waals surface area contributed by atoms with Crippen LogP contribution in [0.15, 0.2) is 30.7 Å². The molecule has 8 nitrogen and oxygen atoms in total. The highest BCUT2D eigenvalue weighted by Gasteiger charge is 2.34. The topological polar surface area (TPSA) is 98.3 Å². The van der Waals surface area contributed by atoms with Crippen LogP contribution in [0, 0.1) is 12.7 Å². The van der Waals surface area contributed by atoms with Gasteiger partial charge in [0, 0.05) is 48.7 Å². The van der Waals surface area contributed by atoms with Gasteiger partial charge in [-0.2, -0.15) is 13.2 Å². The van der Waals surface area contributed by atoms with Crippen molar-refractivity contribution in [3.8, 4) is 16.3 Å². The van der Waals surface area contributed by atoms with Gasteiger partial charge >= 0.3 is 6.18 Å². The molecule has 1 amide bonds. The normalized spacial score (nSPS) is 16.2. The lowest BCUT2D eigenvalue weighted by Gasteiger charge is -2.23. The molecule has 35 heavy (non-hydrogen) atoms. The van der Waals surface area contributed by atoms with E-state index in [0.717, 1.165) is 23.8 Å². The quantitative estimate of drug-likeness (QED) is 0.470. The van der Waals surface area contributed by atoms with Crippen molar-refractivity contribution in [2.75, 3.05) is 26.3 Å². The van der Waals surface area contributed by atoms with Crippen LogP contribution in [0.4, 0.5) is 17.6 Å². The van der Waals surface area contributed by atoms with Gasteiger partial charge in [0.15, 0.2) is 0 Å². The molecule has 1 aliphatic heterocycles. The number of hydrogen-bond acceptors (Lipinski definition) is 8. The predicted molar refractivity (Wildman–Crippen MR) is 119 cm³/mol. The Kier molecular flexibility index (Phi) is 7.57. The zero-order chi connectivity index (χ0) is 25.0. The van der Waals surface area contributed by atoms with E-state index in [1.807, 2.05) is 6.92 Å². The van der Waals surface area contributed by atoms with Crippen LogP contribution in [0.1, 0.15) is 26.6 Å². The molecule has 3 aromatic rings. The van der Waals surface area contributed by atoms with E-state index in [0.29, 0.717) is 18.2 Å². The Morgan fingerprint density at radius 3 is 2.66 bits per heavy atom. The molecule has 0 aliphatic carbocycles. The highest BCUT2D eigenvalue weighted by molar-refractivity contribution is 7.14. The van der Waals surface area contributed by atoms with Crippen molar-refractivity contribution in [2.24, 2.45) is 0 Å². The smallest absolute Gasteiger partial charge is 0.451 e. The lowest BCUT2D eigenvalue weighted by Crippen LogP contribution is -2.41. The number of alkyl halides is 3. The first-order chi connectivity index (χ1) is 16.7. The van der Waals surface area contributed by atoms with Gasteiger partial charge in [0.25, 0.3) is 5.91 Å². The molecule has 2 aromatic heterocycles. The van der Waals surface area contributed by atoms with Gasteiger partial charge in [0.1, 0.15) is 29.3 Å². The molecule has 1 atom stereocenters. The highest BCUT2D eigenvalue weighted by Crippen LogP contribution is 2.33. The number of aromatic nitrogens is 3. The summed E-state index contributed by atoms with van der Waals surface area (Å²) in [5.41, 5.74) is 0.0315. The summed E-state index contributed by atoms with van der Waals surface area (Å²) in [7, 11) is 0. The largest absolute Gasteiger partial charge is 0.491 e. The van der Waals surface area contributed by atoms with Crippen molar-refractivity contribution in [1.82, 2.24) is 25.6 Å². The SMILES string of the molecule is Cc1cnc(-c2cc(OCC3CNCCO3)cc(C(=O)NCc3cnc(C(F)(F)F)nc3)c2F)s1. The van der Waals surface area contributed by atoms with Crippen LogP contribution in [0.25, 0.3) is 10.6 Å². The minimum absolute atomic E-state index is 0.103. The predicted octanol–water partition coefficient (Wildman–Crippen LogP) is 3.36. The number of nitrogens with zero attached hydrogens (tertiary/aromatic N) is 3. The van der Waals surface area contributed by atoms with Crippen LogP contribution in [0.3, 0.4) is 0 Å². The lowest BCUT2D eigenvalue weighted by atomic mass is 10.1. The molecule has 13 heteroatoms. The molecule has 0 bridgehead atoms. The van der Waals surface area contributed by atoms with Gasteiger partial charge < -0.3 is 20.1 Å². The number of morpholine rings is 1. The summed E-state index contributed by atoms with van der Waals surface area (Å²) in [5.74, 6) is -2.60. The molecule has 1 aliphatic rings. The number of amides is 1. The van der Waals surface area contributed by atoms with Gasteiger partial charge in [0.05, 0.1) is 17.7 Å². The van der Waals surface area contributed by atoms with Gasteiger partial charge in [-0.05, 0) is 19.1 Å². The summed E-state index contributed by atoms with van der Waals surface area (Å²) in [4.78, 5) is 24.4. The van der Waals surface area contributed by atoms with Crippen molar-refractivity contribution in [1.29, 1.82) is 0 Å². The Morgan fingerprint density at radius 2 is 2.03 bits per heavy atom. The first kappa shape index (κ1) is 24.9. The summed E-state index contributed by atoms with van der Waals surface area (Å²) >= 11 is 1.26. The number of benzene rings is 1. The summed E-state index contributed by atoms with van der Waals surface area (Å²) in [6.45, 7) is 3.71. The van der Waals surface area contributed by atoms with E-state index in [-0.39, 0.29) is 41.7 Å². The first-order valence-electron chi connectivity index (χ1n) is 10.6. The Labute approximate surface area is 201 Å². The number of nitrogens with one attached hydrogen (secondary N) is 2. The van der Waals surface area contributed by atoms with Gasteiger partial charge in [-0.25, -0.2) is 19.3 Å². The molecule has 0 spiro atoms. The fraction of sp³-hybridized carbons (Fsp3) is 0.364. The zero-order valence-corrected chi connectivity index (χ0v) is 19.3. The second-order valence-corrected chi connectivity index (χ2v) is 8.95. The molecule has 1 aromatic carbocycles. The average Bonchev–Trinajstić information content (AvgIpc) is 3.28. The van der Waals surface area contributed by atoms with Crippen LogP contribution >= 0.6 is 11.3 Å². The molecule has 0 saturated carbocycles. The minimum Gasteiger partial charge on any atom is -0.491 e. The third-order valence-electron chi connectivity index (χ3n) is 4.99. The molecule has 0 radical (unpaired) electrons. The molecular formula is C22H21F4N5O3S. The van der Waals surface area contributed by atoms with Crippen LogP contribution in [0.2, 0.25) is 0 Å². The van der Waals surface area contributed by atoms with E-state index in [2.05, 4.69) is 25.6 Å². The maximum atomic E-state index is 15.4. The van der Waals surface area contributed by atoms with Crippen LogP contribution in [-0.2, 0) is 17.5 Å². The number of halogens is 4. The average molecular weight is 512 g/mol. The summed E-state index contributed by atoms with van der Waals surface area (Å²) in [6, 6.07) is 2.75. The molecule has 1 fully saturated rings. The Hall–Kier alpha value is -3.16. The maximum absolute atomic E-state index is 15.4. The fourth-order valence-corrected chi connectivity index (χ4v) is 4.04.